The van der Waals surface area contributed by atoms with E-state index >= 15 is 0 Å². The highest BCUT2D eigenvalue weighted by molar-refractivity contribution is 7.89. The first kappa shape index (κ1) is 13.5. The molecule has 0 amide bonds. The fraction of sp³-hybridized carbons (Fsp3) is 0.364. The van der Waals surface area contributed by atoms with Gasteiger partial charge in [-0.3, -0.25) is 0 Å². The van der Waals surface area contributed by atoms with Crippen LogP contribution in [0.1, 0.15) is 13.3 Å². The van der Waals surface area contributed by atoms with E-state index in [-0.39, 0.29) is 30.2 Å². The maximum Gasteiger partial charge on any atom is 0.246 e. The summed E-state index contributed by atoms with van der Waals surface area (Å²) < 4.78 is 25.5. The van der Waals surface area contributed by atoms with Gasteiger partial charge in [0.1, 0.15) is 10.6 Å². The van der Waals surface area contributed by atoms with Gasteiger partial charge in [0.2, 0.25) is 10.0 Å². The van der Waals surface area contributed by atoms with Crippen LogP contribution < -0.4 is 0 Å². The van der Waals surface area contributed by atoms with Crippen molar-refractivity contribution >= 4 is 10.0 Å². The molecule has 0 spiro atoms. The van der Waals surface area contributed by atoms with Crippen LogP contribution in [0, 0.1) is 11.3 Å². The lowest BCUT2D eigenvalue weighted by Crippen LogP contribution is -2.31. The number of aromatic hydroxyl groups is 1. The molecule has 0 heterocycles. The summed E-state index contributed by atoms with van der Waals surface area (Å²) in [6.07, 6.45) is 0.126. The Kier molecular flexibility index (Phi) is 4.49. The Morgan fingerprint density at radius 1 is 1.41 bits per heavy atom. The molecule has 0 radical (unpaired) electrons. The van der Waals surface area contributed by atoms with E-state index < -0.39 is 10.0 Å². The van der Waals surface area contributed by atoms with Crippen molar-refractivity contribution in [2.75, 3.05) is 13.1 Å². The molecule has 1 rings (SSSR count). The Labute approximate surface area is 101 Å². The summed E-state index contributed by atoms with van der Waals surface area (Å²) in [4.78, 5) is -0.125. The Morgan fingerprint density at radius 2 is 2.06 bits per heavy atom. The van der Waals surface area contributed by atoms with Crippen LogP contribution in [0.3, 0.4) is 0 Å². The second-order valence-electron chi connectivity index (χ2n) is 3.37. The highest BCUT2D eigenvalue weighted by atomic mass is 32.2. The van der Waals surface area contributed by atoms with Crippen molar-refractivity contribution < 1.29 is 13.5 Å². The predicted octanol–water partition coefficient (Wildman–Crippen LogP) is 1.32. The quantitative estimate of drug-likeness (QED) is 0.859. The maximum atomic E-state index is 12.1. The van der Waals surface area contributed by atoms with Crippen molar-refractivity contribution in [3.63, 3.8) is 0 Å². The van der Waals surface area contributed by atoms with E-state index in [1.807, 2.05) is 6.07 Å². The predicted molar refractivity (Wildman–Crippen MR) is 62.8 cm³/mol. The van der Waals surface area contributed by atoms with Gasteiger partial charge in [0.25, 0.3) is 0 Å². The lowest BCUT2D eigenvalue weighted by atomic mass is 10.3. The van der Waals surface area contributed by atoms with Gasteiger partial charge < -0.3 is 5.11 Å². The molecule has 1 aromatic carbocycles. The topological polar surface area (TPSA) is 81.4 Å². The molecule has 0 bridgehead atoms. The van der Waals surface area contributed by atoms with Gasteiger partial charge in [-0.2, -0.15) is 9.57 Å². The average Bonchev–Trinajstić information content (AvgIpc) is 2.30. The summed E-state index contributed by atoms with van der Waals surface area (Å²) >= 11 is 0. The summed E-state index contributed by atoms with van der Waals surface area (Å²) in [7, 11) is -3.72. The number of nitriles is 1. The first-order chi connectivity index (χ1) is 8.04. The van der Waals surface area contributed by atoms with Gasteiger partial charge in [0, 0.05) is 19.5 Å². The van der Waals surface area contributed by atoms with Crippen LogP contribution in [0.4, 0.5) is 0 Å². The van der Waals surface area contributed by atoms with Crippen molar-refractivity contribution in [1.82, 2.24) is 4.31 Å². The first-order valence-corrected chi connectivity index (χ1v) is 6.63. The Balaban J connectivity index is 3.10. The van der Waals surface area contributed by atoms with Crippen LogP contribution in [0.25, 0.3) is 0 Å². The second-order valence-corrected chi connectivity index (χ2v) is 5.28. The number of phenols is 1. The van der Waals surface area contributed by atoms with Gasteiger partial charge in [-0.1, -0.05) is 19.1 Å². The molecule has 0 aliphatic heterocycles. The molecule has 0 aliphatic carbocycles. The number of hydrogen-bond donors (Lipinski definition) is 1. The number of hydrogen-bond acceptors (Lipinski definition) is 4. The van der Waals surface area contributed by atoms with Crippen LogP contribution in [0.5, 0.6) is 5.75 Å². The van der Waals surface area contributed by atoms with Crippen LogP contribution in [-0.4, -0.2) is 30.9 Å². The van der Waals surface area contributed by atoms with Crippen LogP contribution in [0.2, 0.25) is 0 Å². The highest BCUT2D eigenvalue weighted by Gasteiger charge is 2.25. The Hall–Kier alpha value is -1.58. The summed E-state index contributed by atoms with van der Waals surface area (Å²) in [5.41, 5.74) is 0. The first-order valence-electron chi connectivity index (χ1n) is 5.19. The zero-order valence-corrected chi connectivity index (χ0v) is 10.3. The molecule has 0 aliphatic rings. The number of rotatable bonds is 5. The molecule has 0 aromatic heterocycles. The van der Waals surface area contributed by atoms with Crippen LogP contribution >= 0.6 is 0 Å². The molecule has 0 fully saturated rings. The van der Waals surface area contributed by atoms with E-state index in [1.54, 1.807) is 19.1 Å². The smallest absolute Gasteiger partial charge is 0.246 e. The SMILES string of the molecule is CCN(CCC#N)S(=O)(=O)c1ccccc1O. The molecule has 0 saturated carbocycles. The summed E-state index contributed by atoms with van der Waals surface area (Å²) in [6, 6.07) is 7.68. The number of nitrogens with zero attached hydrogens (tertiary/aromatic N) is 2. The fourth-order valence-corrected chi connectivity index (χ4v) is 2.97. The van der Waals surface area contributed by atoms with E-state index in [0.29, 0.717) is 0 Å². The zero-order chi connectivity index (χ0) is 12.9. The van der Waals surface area contributed by atoms with Gasteiger partial charge >= 0.3 is 0 Å². The van der Waals surface area contributed by atoms with Gasteiger partial charge in [-0.25, -0.2) is 8.42 Å². The molecule has 0 atom stereocenters. The van der Waals surface area contributed by atoms with E-state index in [9.17, 15) is 13.5 Å². The molecule has 1 N–H and O–H groups in total. The highest BCUT2D eigenvalue weighted by Crippen LogP contribution is 2.24. The Bertz CT molecular complexity index is 520. The van der Waals surface area contributed by atoms with Gasteiger partial charge in [0.15, 0.2) is 0 Å². The van der Waals surface area contributed by atoms with Gasteiger partial charge in [-0.05, 0) is 12.1 Å². The molecule has 5 nitrogen and oxygen atoms in total. The molecule has 1 aromatic rings. The number of para-hydroxylation sites is 1. The molecule has 0 saturated heterocycles. The maximum absolute atomic E-state index is 12.1. The van der Waals surface area contributed by atoms with E-state index in [0.717, 1.165) is 0 Å². The number of phenolic OH excluding ortho intramolecular Hbond substituents is 1. The number of benzene rings is 1. The lowest BCUT2D eigenvalue weighted by molar-refractivity contribution is 0.422. The van der Waals surface area contributed by atoms with E-state index in [4.69, 9.17) is 5.26 Å². The second kappa shape index (κ2) is 5.66. The summed E-state index contributed by atoms with van der Waals surface area (Å²) in [5.74, 6) is -0.275. The minimum Gasteiger partial charge on any atom is -0.507 e. The monoisotopic (exact) mass is 254 g/mol. The van der Waals surface area contributed by atoms with E-state index in [2.05, 4.69) is 0 Å². The summed E-state index contributed by atoms with van der Waals surface area (Å²) in [6.45, 7) is 2.08. The van der Waals surface area contributed by atoms with Crippen molar-refractivity contribution in [3.8, 4) is 11.8 Å². The molecular weight excluding hydrogens is 240 g/mol. The lowest BCUT2D eigenvalue weighted by Gasteiger charge is -2.19. The Morgan fingerprint density at radius 3 is 2.59 bits per heavy atom. The molecule has 92 valence electrons. The normalized spacial score (nSPS) is 11.4. The minimum atomic E-state index is -3.72. The van der Waals surface area contributed by atoms with Crippen LogP contribution in [-0.2, 0) is 10.0 Å². The molecule has 17 heavy (non-hydrogen) atoms. The zero-order valence-electron chi connectivity index (χ0n) is 9.50. The van der Waals surface area contributed by atoms with Crippen molar-refractivity contribution in [2.45, 2.75) is 18.2 Å². The van der Waals surface area contributed by atoms with Gasteiger partial charge in [0.05, 0.1) is 6.07 Å². The minimum absolute atomic E-state index is 0.125. The van der Waals surface area contributed by atoms with Gasteiger partial charge in [-0.15, -0.1) is 0 Å². The number of sulfonamides is 1. The standard InChI is InChI=1S/C11H14N2O3S/c1-2-13(9-5-8-12)17(15,16)11-7-4-3-6-10(11)14/h3-4,6-7,14H,2,5,9H2,1H3. The third-order valence-electron chi connectivity index (χ3n) is 2.31. The largest absolute Gasteiger partial charge is 0.507 e. The summed E-state index contributed by atoms with van der Waals surface area (Å²) in [5, 5.41) is 18.0. The van der Waals surface area contributed by atoms with Crippen LogP contribution in [0.15, 0.2) is 29.2 Å². The molecule has 0 unspecified atom stereocenters. The van der Waals surface area contributed by atoms with Crippen molar-refractivity contribution in [2.24, 2.45) is 0 Å². The molecule has 6 heteroatoms. The fourth-order valence-electron chi connectivity index (χ4n) is 1.44. The van der Waals surface area contributed by atoms with Crippen molar-refractivity contribution in [1.29, 1.82) is 5.26 Å². The third-order valence-corrected chi connectivity index (χ3v) is 4.33. The van der Waals surface area contributed by atoms with Crippen molar-refractivity contribution in [3.05, 3.63) is 24.3 Å². The third kappa shape index (κ3) is 2.96. The molecular formula is C11H14N2O3S. The average molecular weight is 254 g/mol. The van der Waals surface area contributed by atoms with E-state index in [1.165, 1.54) is 16.4 Å².